The molecule has 0 radical (unpaired) electrons. The van der Waals surface area contributed by atoms with Crippen molar-refractivity contribution in [1.82, 2.24) is 4.98 Å². The van der Waals surface area contributed by atoms with Gasteiger partial charge in [0.15, 0.2) is 11.5 Å². The van der Waals surface area contributed by atoms with Crippen molar-refractivity contribution in [3.05, 3.63) is 66.9 Å². The number of phenols is 1. The molecule has 0 aliphatic carbocycles. The first-order chi connectivity index (χ1) is 9.31. The lowest BCUT2D eigenvalue weighted by Gasteiger charge is -1.98. The summed E-state index contributed by atoms with van der Waals surface area (Å²) in [6.07, 6.45) is 1.81. The first-order valence-electron chi connectivity index (χ1n) is 5.76. The third kappa shape index (κ3) is 3.43. The molecule has 3 rings (SSSR count). The standard InChI is InChI=1S/C9H7N.C6H7NO2/c1-2-6-9-8(4-1)5-3-7-10-9;7-9-6-4-2-1-3-5(6)8/h1-7H;1-4,8H,7H2. The number of nitrogens with two attached hydrogens (primary N) is 1. The van der Waals surface area contributed by atoms with Crippen LogP contribution in [0.15, 0.2) is 66.9 Å². The van der Waals surface area contributed by atoms with E-state index in [2.05, 4.69) is 22.0 Å². The number of para-hydroxylation sites is 3. The maximum absolute atomic E-state index is 8.91. The minimum Gasteiger partial charge on any atom is -0.504 e. The molecule has 0 spiro atoms. The number of nitrogens with zero attached hydrogens (tertiary/aromatic N) is 1. The van der Waals surface area contributed by atoms with Crippen molar-refractivity contribution in [1.29, 1.82) is 0 Å². The molecule has 1 heterocycles. The van der Waals surface area contributed by atoms with Gasteiger partial charge in [0.05, 0.1) is 5.52 Å². The third-order valence-electron chi connectivity index (χ3n) is 2.50. The van der Waals surface area contributed by atoms with Gasteiger partial charge < -0.3 is 9.94 Å². The number of phenolic OH excluding ortho intramolecular Hbond substituents is 1. The van der Waals surface area contributed by atoms with Gasteiger partial charge in [-0.15, -0.1) is 0 Å². The van der Waals surface area contributed by atoms with Crippen molar-refractivity contribution in [3.63, 3.8) is 0 Å². The van der Waals surface area contributed by atoms with Crippen LogP contribution in [0.5, 0.6) is 11.5 Å². The van der Waals surface area contributed by atoms with E-state index in [1.807, 2.05) is 30.5 Å². The second kappa shape index (κ2) is 6.37. The average molecular weight is 254 g/mol. The molecular weight excluding hydrogens is 240 g/mol. The Morgan fingerprint density at radius 3 is 2.26 bits per heavy atom. The molecule has 0 aliphatic rings. The second-order valence-corrected chi connectivity index (χ2v) is 3.78. The smallest absolute Gasteiger partial charge is 0.188 e. The summed E-state index contributed by atoms with van der Waals surface area (Å²) < 4.78 is 0. The Hall–Kier alpha value is -2.59. The number of benzene rings is 2. The van der Waals surface area contributed by atoms with Crippen molar-refractivity contribution in [2.75, 3.05) is 0 Å². The summed E-state index contributed by atoms with van der Waals surface area (Å²) in [5.74, 6) is 5.14. The third-order valence-corrected chi connectivity index (χ3v) is 2.50. The summed E-state index contributed by atoms with van der Waals surface area (Å²) in [5.41, 5.74) is 1.06. The van der Waals surface area contributed by atoms with Crippen molar-refractivity contribution >= 4 is 10.9 Å². The zero-order valence-corrected chi connectivity index (χ0v) is 10.2. The molecule has 0 amide bonds. The largest absolute Gasteiger partial charge is 0.504 e. The molecule has 19 heavy (non-hydrogen) atoms. The van der Waals surface area contributed by atoms with Gasteiger partial charge in [-0.1, -0.05) is 36.4 Å². The molecule has 0 unspecified atom stereocenters. The van der Waals surface area contributed by atoms with E-state index < -0.39 is 0 Å². The van der Waals surface area contributed by atoms with Crippen LogP contribution in [0.4, 0.5) is 0 Å². The number of rotatable bonds is 1. The Kier molecular flexibility index (Phi) is 4.31. The molecule has 0 fully saturated rings. The highest BCUT2D eigenvalue weighted by atomic mass is 16.6. The minimum absolute atomic E-state index is 0.0556. The number of fused-ring (bicyclic) bond motifs is 1. The topological polar surface area (TPSA) is 68.4 Å². The van der Waals surface area contributed by atoms with Crippen LogP contribution < -0.4 is 10.7 Å². The first-order valence-corrected chi connectivity index (χ1v) is 5.76. The Morgan fingerprint density at radius 2 is 1.58 bits per heavy atom. The average Bonchev–Trinajstić information content (AvgIpc) is 2.49. The molecule has 4 nitrogen and oxygen atoms in total. The molecule has 0 bridgehead atoms. The van der Waals surface area contributed by atoms with E-state index in [0.29, 0.717) is 0 Å². The highest BCUT2D eigenvalue weighted by Crippen LogP contribution is 2.22. The molecule has 0 aliphatic heterocycles. The SMILES string of the molecule is NOc1ccccc1O.c1ccc2ncccc2c1. The van der Waals surface area contributed by atoms with E-state index in [1.54, 1.807) is 18.2 Å². The predicted octanol–water partition coefficient (Wildman–Crippen LogP) is 2.88. The molecule has 3 N–H and O–H groups in total. The van der Waals surface area contributed by atoms with Crippen LogP contribution >= 0.6 is 0 Å². The van der Waals surface area contributed by atoms with E-state index in [4.69, 9.17) is 11.0 Å². The van der Waals surface area contributed by atoms with Crippen molar-refractivity contribution < 1.29 is 9.94 Å². The van der Waals surface area contributed by atoms with Gasteiger partial charge in [0, 0.05) is 11.6 Å². The lowest BCUT2D eigenvalue weighted by atomic mass is 10.2. The fourth-order valence-corrected chi connectivity index (χ4v) is 1.57. The van der Waals surface area contributed by atoms with Crippen LogP contribution in [-0.4, -0.2) is 10.1 Å². The van der Waals surface area contributed by atoms with Gasteiger partial charge in [-0.05, 0) is 24.3 Å². The van der Waals surface area contributed by atoms with Gasteiger partial charge in [0.1, 0.15) is 0 Å². The van der Waals surface area contributed by atoms with Gasteiger partial charge in [-0.2, -0.15) is 5.90 Å². The highest BCUT2D eigenvalue weighted by Gasteiger charge is 1.95. The van der Waals surface area contributed by atoms with Crippen LogP contribution in [0.2, 0.25) is 0 Å². The molecule has 0 saturated heterocycles. The quantitative estimate of drug-likeness (QED) is 0.655. The molecule has 0 atom stereocenters. The van der Waals surface area contributed by atoms with Crippen LogP contribution in [-0.2, 0) is 0 Å². The molecule has 0 saturated carbocycles. The maximum Gasteiger partial charge on any atom is 0.188 e. The number of hydrogen-bond acceptors (Lipinski definition) is 4. The molecule has 1 aromatic heterocycles. The highest BCUT2D eigenvalue weighted by molar-refractivity contribution is 5.77. The summed E-state index contributed by atoms with van der Waals surface area (Å²) in [4.78, 5) is 8.48. The van der Waals surface area contributed by atoms with Gasteiger partial charge in [0.25, 0.3) is 0 Å². The normalized spacial score (nSPS) is 9.53. The zero-order chi connectivity index (χ0) is 13.5. The van der Waals surface area contributed by atoms with Crippen molar-refractivity contribution in [3.8, 4) is 11.5 Å². The van der Waals surface area contributed by atoms with Gasteiger partial charge in [-0.3, -0.25) is 4.98 Å². The molecule has 96 valence electrons. The Bertz CT molecular complexity index is 591. The summed E-state index contributed by atoms with van der Waals surface area (Å²) in [5, 5.41) is 10.1. The fraction of sp³-hybridized carbons (Fsp3) is 0. The zero-order valence-electron chi connectivity index (χ0n) is 10.2. The van der Waals surface area contributed by atoms with Crippen LogP contribution in [0.25, 0.3) is 10.9 Å². The molecule has 2 aromatic carbocycles. The fourth-order valence-electron chi connectivity index (χ4n) is 1.57. The number of aromatic nitrogens is 1. The first kappa shape index (κ1) is 12.9. The van der Waals surface area contributed by atoms with Crippen LogP contribution in [0.1, 0.15) is 0 Å². The van der Waals surface area contributed by atoms with E-state index in [0.717, 1.165) is 5.52 Å². The predicted molar refractivity (Wildman–Crippen MR) is 74.7 cm³/mol. The maximum atomic E-state index is 8.91. The molecule has 3 aromatic rings. The summed E-state index contributed by atoms with van der Waals surface area (Å²) in [6, 6.07) is 18.6. The van der Waals surface area contributed by atoms with Crippen molar-refractivity contribution in [2.45, 2.75) is 0 Å². The monoisotopic (exact) mass is 254 g/mol. The molecular formula is C15H14N2O2. The Balaban J connectivity index is 0.000000141. The summed E-state index contributed by atoms with van der Waals surface area (Å²) in [6.45, 7) is 0. The van der Waals surface area contributed by atoms with Gasteiger partial charge in [0.2, 0.25) is 0 Å². The van der Waals surface area contributed by atoms with E-state index in [1.165, 1.54) is 11.5 Å². The number of aromatic hydroxyl groups is 1. The van der Waals surface area contributed by atoms with Gasteiger partial charge in [-0.25, -0.2) is 0 Å². The minimum atomic E-state index is 0.0556. The van der Waals surface area contributed by atoms with Crippen LogP contribution in [0, 0.1) is 0 Å². The summed E-state index contributed by atoms with van der Waals surface area (Å²) >= 11 is 0. The Labute approximate surface area is 111 Å². The molecule has 4 heteroatoms. The second-order valence-electron chi connectivity index (χ2n) is 3.78. The van der Waals surface area contributed by atoms with E-state index in [-0.39, 0.29) is 11.5 Å². The lowest BCUT2D eigenvalue weighted by molar-refractivity contribution is 0.313. The lowest BCUT2D eigenvalue weighted by Crippen LogP contribution is -2.01. The van der Waals surface area contributed by atoms with E-state index in [9.17, 15) is 0 Å². The van der Waals surface area contributed by atoms with E-state index >= 15 is 0 Å². The number of hydrogen-bond donors (Lipinski definition) is 2. The van der Waals surface area contributed by atoms with Crippen molar-refractivity contribution in [2.24, 2.45) is 5.90 Å². The van der Waals surface area contributed by atoms with Crippen LogP contribution in [0.3, 0.4) is 0 Å². The number of pyridine rings is 1. The van der Waals surface area contributed by atoms with Gasteiger partial charge >= 0.3 is 0 Å². The summed E-state index contributed by atoms with van der Waals surface area (Å²) in [7, 11) is 0. The Morgan fingerprint density at radius 1 is 0.895 bits per heavy atom.